The van der Waals surface area contributed by atoms with Crippen molar-refractivity contribution in [3.05, 3.63) is 83.4 Å². The molecule has 1 aromatic heterocycles. The molecule has 0 aliphatic heterocycles. The van der Waals surface area contributed by atoms with E-state index < -0.39 is 23.9 Å². The summed E-state index contributed by atoms with van der Waals surface area (Å²) in [5, 5.41) is 13.9. The minimum atomic E-state index is -1.05. The van der Waals surface area contributed by atoms with E-state index in [-0.39, 0.29) is 12.5 Å². The average Bonchev–Trinajstić information content (AvgIpc) is 3.39. The standard InChI is InChI=1S/C24H25N7O4/c25-12-21(24(34)31-35)30-22(32)17-7-3-15(4-8-17)1-2-16-5-9-18(10-6-16)29-23(33)20(26)11-19-13-27-14-28-19/h3-10,13-14,20-21,35H,11-12,25-26H2,(H,27,28)(H,29,33)(H,30,32)(H,31,34)/t20-,21-/m0/s1. The fourth-order valence-electron chi connectivity index (χ4n) is 2.99. The van der Waals surface area contributed by atoms with Crippen LogP contribution in [-0.2, 0) is 16.0 Å². The highest BCUT2D eigenvalue weighted by atomic mass is 16.5. The number of aromatic amines is 1. The SMILES string of the molecule is NC[C@H](NC(=O)c1ccc(C#Cc2ccc(NC(=O)[C@@H](N)Cc3c[nH]cn3)cc2)cc1)C(=O)NO. The Kier molecular flexibility index (Phi) is 8.69. The van der Waals surface area contributed by atoms with Gasteiger partial charge in [-0.15, -0.1) is 0 Å². The number of nitrogens with one attached hydrogen (secondary N) is 4. The Bertz CT molecular complexity index is 1210. The molecule has 0 radical (unpaired) electrons. The molecule has 35 heavy (non-hydrogen) atoms. The summed E-state index contributed by atoms with van der Waals surface area (Å²) in [6, 6.07) is 11.7. The predicted octanol–water partition coefficient (Wildman–Crippen LogP) is -0.119. The lowest BCUT2D eigenvalue weighted by molar-refractivity contribution is -0.130. The number of benzene rings is 2. The number of aromatic nitrogens is 2. The second-order valence-electron chi connectivity index (χ2n) is 7.50. The van der Waals surface area contributed by atoms with Gasteiger partial charge in [0.1, 0.15) is 6.04 Å². The Morgan fingerprint density at radius 1 is 1.00 bits per heavy atom. The number of H-pyrrole nitrogens is 1. The van der Waals surface area contributed by atoms with Gasteiger partial charge in [0.15, 0.2) is 0 Å². The number of nitrogens with two attached hydrogens (primary N) is 2. The van der Waals surface area contributed by atoms with Crippen LogP contribution in [0.1, 0.15) is 27.2 Å². The highest BCUT2D eigenvalue weighted by Gasteiger charge is 2.19. The molecule has 9 N–H and O–H groups in total. The summed E-state index contributed by atoms with van der Waals surface area (Å²) in [5.74, 6) is 4.38. The number of hydrogen-bond acceptors (Lipinski definition) is 7. The van der Waals surface area contributed by atoms with Crippen LogP contribution in [0.25, 0.3) is 0 Å². The first-order valence-electron chi connectivity index (χ1n) is 10.6. The summed E-state index contributed by atoms with van der Waals surface area (Å²) in [4.78, 5) is 42.8. The molecule has 11 nitrogen and oxygen atoms in total. The first-order chi connectivity index (χ1) is 16.9. The molecule has 180 valence electrons. The summed E-state index contributed by atoms with van der Waals surface area (Å²) in [5.41, 5.74) is 15.8. The molecule has 0 saturated carbocycles. The topological polar surface area (TPSA) is 188 Å². The van der Waals surface area contributed by atoms with Gasteiger partial charge in [-0.05, 0) is 48.5 Å². The maximum Gasteiger partial charge on any atom is 0.267 e. The molecule has 11 heteroatoms. The number of carbonyl (C=O) groups is 3. The first kappa shape index (κ1) is 25.1. The number of nitrogens with zero attached hydrogens (tertiary/aromatic N) is 1. The largest absolute Gasteiger partial charge is 0.351 e. The average molecular weight is 476 g/mol. The number of amides is 3. The lowest BCUT2D eigenvalue weighted by Crippen LogP contribution is -2.50. The van der Waals surface area contributed by atoms with Crippen molar-refractivity contribution in [2.45, 2.75) is 18.5 Å². The number of hydrogen-bond donors (Lipinski definition) is 7. The maximum atomic E-state index is 12.3. The zero-order valence-corrected chi connectivity index (χ0v) is 18.6. The van der Waals surface area contributed by atoms with Gasteiger partial charge in [-0.25, -0.2) is 10.5 Å². The van der Waals surface area contributed by atoms with E-state index in [1.165, 1.54) is 11.8 Å². The minimum absolute atomic E-state index is 0.165. The molecule has 1 heterocycles. The highest BCUT2D eigenvalue weighted by molar-refractivity contribution is 5.97. The monoisotopic (exact) mass is 475 g/mol. The van der Waals surface area contributed by atoms with Crippen molar-refractivity contribution in [3.8, 4) is 11.8 Å². The number of anilines is 1. The van der Waals surface area contributed by atoms with Gasteiger partial charge in [0, 0.05) is 41.5 Å². The predicted molar refractivity (Wildman–Crippen MR) is 128 cm³/mol. The van der Waals surface area contributed by atoms with Crippen LogP contribution >= 0.6 is 0 Å². The second-order valence-corrected chi connectivity index (χ2v) is 7.50. The van der Waals surface area contributed by atoms with Crippen molar-refractivity contribution < 1.29 is 19.6 Å². The van der Waals surface area contributed by atoms with Gasteiger partial charge in [-0.3, -0.25) is 19.6 Å². The number of rotatable bonds is 8. The first-order valence-corrected chi connectivity index (χ1v) is 10.6. The van der Waals surface area contributed by atoms with Crippen LogP contribution in [0.4, 0.5) is 5.69 Å². The van der Waals surface area contributed by atoms with E-state index in [9.17, 15) is 14.4 Å². The molecular formula is C24H25N7O4. The van der Waals surface area contributed by atoms with Crippen molar-refractivity contribution in [2.75, 3.05) is 11.9 Å². The normalized spacial score (nSPS) is 12.0. The molecule has 0 saturated heterocycles. The minimum Gasteiger partial charge on any atom is -0.351 e. The molecule has 0 unspecified atom stereocenters. The van der Waals surface area contributed by atoms with Gasteiger partial charge in [0.05, 0.1) is 18.1 Å². The van der Waals surface area contributed by atoms with Crippen LogP contribution in [0.2, 0.25) is 0 Å². The van der Waals surface area contributed by atoms with Crippen LogP contribution in [0.3, 0.4) is 0 Å². The molecule has 0 bridgehead atoms. The van der Waals surface area contributed by atoms with Crippen molar-refractivity contribution in [2.24, 2.45) is 11.5 Å². The lowest BCUT2D eigenvalue weighted by atomic mass is 10.1. The third kappa shape index (κ3) is 7.24. The van der Waals surface area contributed by atoms with E-state index in [0.717, 1.165) is 5.56 Å². The number of hydroxylamine groups is 1. The van der Waals surface area contributed by atoms with Gasteiger partial charge < -0.3 is 27.1 Å². The van der Waals surface area contributed by atoms with Crippen LogP contribution < -0.4 is 27.6 Å². The quantitative estimate of drug-likeness (QED) is 0.134. The molecule has 3 rings (SSSR count). The van der Waals surface area contributed by atoms with Crippen molar-refractivity contribution in [3.63, 3.8) is 0 Å². The van der Waals surface area contributed by atoms with Crippen LogP contribution in [0.15, 0.2) is 61.1 Å². The van der Waals surface area contributed by atoms with Crippen LogP contribution in [0.5, 0.6) is 0 Å². The molecule has 0 aliphatic rings. The van der Waals surface area contributed by atoms with Crippen LogP contribution in [-0.4, -0.2) is 51.5 Å². The molecule has 0 fully saturated rings. The van der Waals surface area contributed by atoms with E-state index in [4.69, 9.17) is 16.7 Å². The van der Waals surface area contributed by atoms with E-state index >= 15 is 0 Å². The zero-order valence-electron chi connectivity index (χ0n) is 18.6. The summed E-state index contributed by atoms with van der Waals surface area (Å²) in [6.45, 7) is -0.165. The lowest BCUT2D eigenvalue weighted by Gasteiger charge is -2.14. The summed E-state index contributed by atoms with van der Waals surface area (Å²) >= 11 is 0. The Morgan fingerprint density at radius 2 is 1.63 bits per heavy atom. The zero-order chi connectivity index (χ0) is 25.2. The van der Waals surface area contributed by atoms with Crippen molar-refractivity contribution >= 4 is 23.4 Å². The van der Waals surface area contributed by atoms with Gasteiger partial charge in [-0.1, -0.05) is 11.8 Å². The third-order valence-corrected chi connectivity index (χ3v) is 4.94. The van der Waals surface area contributed by atoms with E-state index in [2.05, 4.69) is 32.4 Å². The van der Waals surface area contributed by atoms with Gasteiger partial charge in [0.2, 0.25) is 5.91 Å². The summed E-state index contributed by atoms with van der Waals surface area (Å²) in [6.07, 6.45) is 3.55. The molecule has 3 aromatic rings. The highest BCUT2D eigenvalue weighted by Crippen LogP contribution is 2.10. The van der Waals surface area contributed by atoms with Gasteiger partial charge in [-0.2, -0.15) is 0 Å². The van der Waals surface area contributed by atoms with Gasteiger partial charge >= 0.3 is 0 Å². The number of carbonyl (C=O) groups excluding carboxylic acids is 3. The fourth-order valence-corrected chi connectivity index (χ4v) is 2.99. The van der Waals surface area contributed by atoms with Crippen molar-refractivity contribution in [1.82, 2.24) is 20.8 Å². The van der Waals surface area contributed by atoms with E-state index in [0.29, 0.717) is 28.9 Å². The van der Waals surface area contributed by atoms with Gasteiger partial charge in [0.25, 0.3) is 11.8 Å². The van der Waals surface area contributed by atoms with E-state index in [1.807, 2.05) is 0 Å². The fraction of sp³-hybridized carbons (Fsp3) is 0.167. The molecule has 0 aliphatic carbocycles. The Hall–Kier alpha value is -4.50. The molecular weight excluding hydrogens is 450 g/mol. The molecule has 3 amide bonds. The Labute approximate surface area is 201 Å². The maximum absolute atomic E-state index is 12.3. The van der Waals surface area contributed by atoms with Crippen LogP contribution in [0, 0.1) is 11.8 Å². The summed E-state index contributed by atoms with van der Waals surface area (Å²) < 4.78 is 0. The smallest absolute Gasteiger partial charge is 0.267 e. The second kappa shape index (κ2) is 12.1. The van der Waals surface area contributed by atoms with E-state index in [1.54, 1.807) is 54.7 Å². The van der Waals surface area contributed by atoms with Crippen molar-refractivity contribution in [1.29, 1.82) is 0 Å². The molecule has 0 spiro atoms. The Morgan fingerprint density at radius 3 is 2.17 bits per heavy atom. The number of imidazole rings is 1. The third-order valence-electron chi connectivity index (χ3n) is 4.94. The molecule has 2 aromatic carbocycles. The molecule has 2 atom stereocenters. The Balaban J connectivity index is 1.56. The summed E-state index contributed by atoms with van der Waals surface area (Å²) in [7, 11) is 0.